The van der Waals surface area contributed by atoms with Crippen molar-refractivity contribution in [1.82, 2.24) is 9.55 Å². The van der Waals surface area contributed by atoms with E-state index in [4.69, 9.17) is 9.47 Å². The Hall–Kier alpha value is -2.70. The number of nitrogens with zero attached hydrogens (tertiary/aromatic N) is 1. The number of methoxy groups -OCH3 is 2. The molecule has 22 heavy (non-hydrogen) atoms. The fourth-order valence-corrected chi connectivity index (χ4v) is 2.36. The molecule has 7 nitrogen and oxygen atoms in total. The van der Waals surface area contributed by atoms with Crippen LogP contribution in [0.4, 0.5) is 0 Å². The summed E-state index contributed by atoms with van der Waals surface area (Å²) in [6.45, 7) is 1.77. The van der Waals surface area contributed by atoms with Crippen LogP contribution in [0.15, 0.2) is 33.9 Å². The van der Waals surface area contributed by atoms with Gasteiger partial charge in [0.2, 0.25) is 5.88 Å². The summed E-state index contributed by atoms with van der Waals surface area (Å²) in [4.78, 5) is 25.1. The first kappa shape index (κ1) is 15.7. The van der Waals surface area contributed by atoms with Gasteiger partial charge in [-0.25, -0.2) is 4.79 Å². The van der Waals surface area contributed by atoms with Crippen LogP contribution in [-0.4, -0.2) is 28.9 Å². The molecule has 0 saturated heterocycles. The van der Waals surface area contributed by atoms with Crippen LogP contribution < -0.4 is 20.7 Å². The summed E-state index contributed by atoms with van der Waals surface area (Å²) in [7, 11) is 3.10. The van der Waals surface area contributed by atoms with Crippen LogP contribution in [0.1, 0.15) is 18.5 Å². The van der Waals surface area contributed by atoms with Gasteiger partial charge in [-0.05, 0) is 31.0 Å². The lowest BCUT2D eigenvalue weighted by Gasteiger charge is -2.17. The summed E-state index contributed by atoms with van der Waals surface area (Å²) in [5.74, 6) is 0.843. The second-order valence-corrected chi connectivity index (χ2v) is 4.91. The fourth-order valence-electron chi connectivity index (χ4n) is 2.36. The van der Waals surface area contributed by atoms with Crippen LogP contribution in [-0.2, 0) is 6.42 Å². The molecule has 0 saturated carbocycles. The second-order valence-electron chi connectivity index (χ2n) is 4.91. The van der Waals surface area contributed by atoms with E-state index in [0.29, 0.717) is 17.9 Å². The number of rotatable bonds is 5. The third-order valence-corrected chi connectivity index (χ3v) is 3.38. The zero-order chi connectivity index (χ0) is 16.3. The second kappa shape index (κ2) is 6.38. The summed E-state index contributed by atoms with van der Waals surface area (Å²) < 4.78 is 11.5. The van der Waals surface area contributed by atoms with E-state index < -0.39 is 11.2 Å². The van der Waals surface area contributed by atoms with Crippen molar-refractivity contribution in [2.45, 2.75) is 19.4 Å². The zero-order valence-electron chi connectivity index (χ0n) is 12.6. The minimum atomic E-state index is -0.641. The van der Waals surface area contributed by atoms with Gasteiger partial charge >= 0.3 is 5.69 Å². The van der Waals surface area contributed by atoms with Crippen molar-refractivity contribution in [3.8, 4) is 17.4 Å². The van der Waals surface area contributed by atoms with Crippen molar-refractivity contribution >= 4 is 0 Å². The van der Waals surface area contributed by atoms with Crippen molar-refractivity contribution in [2.24, 2.45) is 0 Å². The number of aromatic hydroxyl groups is 1. The van der Waals surface area contributed by atoms with Crippen LogP contribution in [0.2, 0.25) is 0 Å². The Balaban J connectivity index is 2.31. The molecule has 118 valence electrons. The summed E-state index contributed by atoms with van der Waals surface area (Å²) in [6.07, 6.45) is 0.472. The molecular weight excluding hydrogens is 288 g/mol. The Kier molecular flexibility index (Phi) is 4.55. The van der Waals surface area contributed by atoms with E-state index in [0.717, 1.165) is 16.2 Å². The van der Waals surface area contributed by atoms with Crippen molar-refractivity contribution in [1.29, 1.82) is 0 Å². The van der Waals surface area contributed by atoms with Gasteiger partial charge in [0.25, 0.3) is 5.56 Å². The molecule has 0 aliphatic carbocycles. The molecule has 1 atom stereocenters. The van der Waals surface area contributed by atoms with Crippen molar-refractivity contribution in [2.75, 3.05) is 14.2 Å². The maximum Gasteiger partial charge on any atom is 0.331 e. The Bertz CT molecular complexity index is 778. The highest BCUT2D eigenvalue weighted by molar-refractivity contribution is 5.43. The predicted molar refractivity (Wildman–Crippen MR) is 80.9 cm³/mol. The number of hydrogen-bond donors (Lipinski definition) is 2. The highest BCUT2D eigenvalue weighted by Crippen LogP contribution is 2.29. The molecule has 0 spiro atoms. The molecule has 2 N–H and O–H groups in total. The average molecular weight is 306 g/mol. The normalized spacial score (nSPS) is 12.0. The Morgan fingerprint density at radius 1 is 1.18 bits per heavy atom. The van der Waals surface area contributed by atoms with E-state index in [2.05, 4.69) is 4.98 Å². The predicted octanol–water partition coefficient (Wildman–Crippen LogP) is 1.06. The molecule has 0 aliphatic heterocycles. The van der Waals surface area contributed by atoms with Crippen LogP contribution in [0.25, 0.3) is 0 Å². The Labute approximate surface area is 126 Å². The van der Waals surface area contributed by atoms with Crippen molar-refractivity contribution in [3.05, 3.63) is 50.7 Å². The van der Waals surface area contributed by atoms with Gasteiger partial charge in [0.05, 0.1) is 20.3 Å². The van der Waals surface area contributed by atoms with Crippen LogP contribution in [0.5, 0.6) is 17.4 Å². The van der Waals surface area contributed by atoms with Gasteiger partial charge in [0.15, 0.2) is 11.5 Å². The summed E-state index contributed by atoms with van der Waals surface area (Å²) in [5.41, 5.74) is -0.363. The highest BCUT2D eigenvalue weighted by atomic mass is 16.5. The van der Waals surface area contributed by atoms with Crippen LogP contribution in [0.3, 0.4) is 0 Å². The largest absolute Gasteiger partial charge is 0.494 e. The van der Waals surface area contributed by atoms with Crippen molar-refractivity contribution < 1.29 is 14.6 Å². The lowest BCUT2D eigenvalue weighted by atomic mass is 10.1. The van der Waals surface area contributed by atoms with Gasteiger partial charge in [0, 0.05) is 6.04 Å². The van der Waals surface area contributed by atoms with Gasteiger partial charge in [-0.3, -0.25) is 14.3 Å². The van der Waals surface area contributed by atoms with E-state index in [1.54, 1.807) is 27.2 Å². The molecule has 7 heteroatoms. The molecule has 1 heterocycles. The first-order valence-electron chi connectivity index (χ1n) is 6.72. The van der Waals surface area contributed by atoms with Gasteiger partial charge in [-0.1, -0.05) is 6.07 Å². The molecule has 0 radical (unpaired) electrons. The minimum Gasteiger partial charge on any atom is -0.494 e. The molecule has 0 fully saturated rings. The minimum absolute atomic E-state index is 0.345. The first-order valence-corrected chi connectivity index (χ1v) is 6.72. The number of nitrogens with one attached hydrogen (secondary N) is 1. The van der Waals surface area contributed by atoms with E-state index in [9.17, 15) is 14.7 Å². The molecule has 1 aromatic carbocycles. The number of aromatic amines is 1. The molecular formula is C15H18N2O5. The summed E-state index contributed by atoms with van der Waals surface area (Å²) in [6, 6.07) is 6.07. The lowest BCUT2D eigenvalue weighted by molar-refractivity contribution is 0.353. The number of benzene rings is 1. The van der Waals surface area contributed by atoms with E-state index in [1.807, 2.05) is 12.1 Å². The van der Waals surface area contributed by atoms with Crippen molar-refractivity contribution in [3.63, 3.8) is 0 Å². The SMILES string of the molecule is COc1ccc(C[C@@H](C)n2c(O)cc(=O)[nH]c2=O)cc1OC. The van der Waals surface area contributed by atoms with Crippen LogP contribution in [0, 0.1) is 0 Å². The Morgan fingerprint density at radius 3 is 2.45 bits per heavy atom. The molecule has 0 amide bonds. The number of aromatic nitrogens is 2. The highest BCUT2D eigenvalue weighted by Gasteiger charge is 2.14. The quantitative estimate of drug-likeness (QED) is 0.861. The zero-order valence-corrected chi connectivity index (χ0v) is 12.6. The van der Waals surface area contributed by atoms with Gasteiger partial charge < -0.3 is 14.6 Å². The van der Waals surface area contributed by atoms with Gasteiger partial charge in [-0.2, -0.15) is 0 Å². The third kappa shape index (κ3) is 3.13. The van der Waals surface area contributed by atoms with Crippen LogP contribution >= 0.6 is 0 Å². The topological polar surface area (TPSA) is 93.5 Å². The van der Waals surface area contributed by atoms with Gasteiger partial charge in [0.1, 0.15) is 0 Å². The fraction of sp³-hybridized carbons (Fsp3) is 0.333. The maximum absolute atomic E-state index is 11.8. The third-order valence-electron chi connectivity index (χ3n) is 3.38. The molecule has 2 aromatic rings. The number of hydrogen-bond acceptors (Lipinski definition) is 5. The van der Waals surface area contributed by atoms with E-state index >= 15 is 0 Å². The molecule has 0 unspecified atom stereocenters. The number of ether oxygens (including phenoxy) is 2. The average Bonchev–Trinajstić information content (AvgIpc) is 2.45. The van der Waals surface area contributed by atoms with E-state index in [-0.39, 0.29) is 11.9 Å². The first-order chi connectivity index (χ1) is 10.5. The smallest absolute Gasteiger partial charge is 0.331 e. The van der Waals surface area contributed by atoms with E-state index in [1.165, 1.54) is 0 Å². The summed E-state index contributed by atoms with van der Waals surface area (Å²) in [5, 5.41) is 9.80. The lowest BCUT2D eigenvalue weighted by Crippen LogP contribution is -2.31. The number of H-pyrrole nitrogens is 1. The molecule has 1 aromatic heterocycles. The maximum atomic E-state index is 11.8. The summed E-state index contributed by atoms with van der Waals surface area (Å²) >= 11 is 0. The molecule has 0 aliphatic rings. The standard InChI is InChI=1S/C15H18N2O5/c1-9(17-14(19)8-13(18)16-15(17)20)6-10-4-5-11(21-2)12(7-10)22-3/h4-5,7-9,19H,6H2,1-3H3,(H,16,18,20)/t9-/m1/s1. The monoisotopic (exact) mass is 306 g/mol. The molecule has 0 bridgehead atoms. The molecule has 2 rings (SSSR count). The Morgan fingerprint density at radius 2 is 1.86 bits per heavy atom. The van der Waals surface area contributed by atoms with Gasteiger partial charge in [-0.15, -0.1) is 0 Å².